The van der Waals surface area contributed by atoms with E-state index in [4.69, 9.17) is 9.15 Å². The molecule has 1 amide bonds. The molecule has 0 radical (unpaired) electrons. The number of methoxy groups -OCH3 is 1. The average molecular weight is 340 g/mol. The van der Waals surface area contributed by atoms with Crippen molar-refractivity contribution in [1.29, 1.82) is 0 Å². The Bertz CT molecular complexity index is 583. The predicted octanol–water partition coefficient (Wildman–Crippen LogP) is 2.51. The largest absolute Gasteiger partial charge is 0.497 e. The zero-order chi connectivity index (χ0) is 14.5. The number of carbonyl (C=O) groups is 1. The Kier molecular flexibility index (Phi) is 4.81. The molecule has 6 heteroatoms. The molecule has 1 unspecified atom stereocenters. The molecule has 106 valence electrons. The van der Waals surface area contributed by atoms with Gasteiger partial charge in [0, 0.05) is 4.47 Å². The second kappa shape index (κ2) is 6.58. The van der Waals surface area contributed by atoms with Gasteiger partial charge in [0.25, 0.3) is 5.91 Å². The van der Waals surface area contributed by atoms with Gasteiger partial charge in [-0.15, -0.1) is 0 Å². The first kappa shape index (κ1) is 14.6. The second-order valence-corrected chi connectivity index (χ2v) is 4.94. The van der Waals surface area contributed by atoms with Gasteiger partial charge in [-0.05, 0) is 46.3 Å². The number of benzene rings is 1. The summed E-state index contributed by atoms with van der Waals surface area (Å²) in [7, 11) is 1.53. The topological polar surface area (TPSA) is 71.7 Å². The molecule has 1 atom stereocenters. The number of amides is 1. The third kappa shape index (κ3) is 3.40. The van der Waals surface area contributed by atoms with E-state index in [-0.39, 0.29) is 12.5 Å². The van der Waals surface area contributed by atoms with E-state index in [0.29, 0.717) is 21.5 Å². The molecule has 1 aromatic heterocycles. The number of hydrogen-bond acceptors (Lipinski definition) is 4. The number of hydrogen-bond donors (Lipinski definition) is 2. The SMILES string of the molecule is COc1ccc(Br)c(C(=O)NCC(O)c2ccco2)c1. The molecule has 0 saturated heterocycles. The Balaban J connectivity index is 2.01. The van der Waals surface area contributed by atoms with E-state index in [0.717, 1.165) is 0 Å². The van der Waals surface area contributed by atoms with Crippen molar-refractivity contribution in [2.24, 2.45) is 0 Å². The third-order valence-electron chi connectivity index (χ3n) is 2.75. The maximum absolute atomic E-state index is 12.1. The zero-order valence-electron chi connectivity index (χ0n) is 10.8. The highest BCUT2D eigenvalue weighted by Crippen LogP contribution is 2.22. The van der Waals surface area contributed by atoms with Crippen molar-refractivity contribution in [3.05, 3.63) is 52.4 Å². The lowest BCUT2D eigenvalue weighted by molar-refractivity contribution is 0.0900. The normalized spacial score (nSPS) is 11.9. The van der Waals surface area contributed by atoms with Gasteiger partial charge in [-0.1, -0.05) is 0 Å². The van der Waals surface area contributed by atoms with Crippen molar-refractivity contribution in [2.75, 3.05) is 13.7 Å². The van der Waals surface area contributed by atoms with Crippen LogP contribution in [0.15, 0.2) is 45.5 Å². The molecule has 0 aliphatic heterocycles. The van der Waals surface area contributed by atoms with Crippen molar-refractivity contribution in [3.63, 3.8) is 0 Å². The summed E-state index contributed by atoms with van der Waals surface area (Å²) in [5.74, 6) is 0.696. The van der Waals surface area contributed by atoms with Crippen LogP contribution in [0.5, 0.6) is 5.75 Å². The molecule has 1 heterocycles. The number of ether oxygens (including phenoxy) is 1. The summed E-state index contributed by atoms with van der Waals surface area (Å²) in [5.41, 5.74) is 0.441. The maximum Gasteiger partial charge on any atom is 0.252 e. The molecular formula is C14H14BrNO4. The molecule has 0 bridgehead atoms. The van der Waals surface area contributed by atoms with Crippen LogP contribution in [0.4, 0.5) is 0 Å². The number of halogens is 1. The molecule has 0 spiro atoms. The van der Waals surface area contributed by atoms with Crippen molar-refractivity contribution in [2.45, 2.75) is 6.10 Å². The van der Waals surface area contributed by atoms with Gasteiger partial charge in [-0.2, -0.15) is 0 Å². The van der Waals surface area contributed by atoms with Crippen LogP contribution < -0.4 is 10.1 Å². The molecule has 0 aliphatic rings. The fraction of sp³-hybridized carbons (Fsp3) is 0.214. The van der Waals surface area contributed by atoms with Gasteiger partial charge < -0.3 is 19.6 Å². The third-order valence-corrected chi connectivity index (χ3v) is 3.44. The van der Waals surface area contributed by atoms with E-state index >= 15 is 0 Å². The van der Waals surface area contributed by atoms with Gasteiger partial charge in [-0.3, -0.25) is 4.79 Å². The van der Waals surface area contributed by atoms with Crippen molar-refractivity contribution in [3.8, 4) is 5.75 Å². The molecule has 2 aromatic rings. The van der Waals surface area contributed by atoms with E-state index in [1.54, 1.807) is 30.3 Å². The van der Waals surface area contributed by atoms with Crippen LogP contribution in [0.1, 0.15) is 22.2 Å². The Morgan fingerprint density at radius 1 is 1.50 bits per heavy atom. The summed E-state index contributed by atoms with van der Waals surface area (Å²) in [5, 5.41) is 12.5. The van der Waals surface area contributed by atoms with Crippen LogP contribution in [0.25, 0.3) is 0 Å². The van der Waals surface area contributed by atoms with Gasteiger partial charge in [0.05, 0.1) is 25.5 Å². The minimum Gasteiger partial charge on any atom is -0.497 e. The highest BCUT2D eigenvalue weighted by molar-refractivity contribution is 9.10. The predicted molar refractivity (Wildman–Crippen MR) is 76.7 cm³/mol. The van der Waals surface area contributed by atoms with E-state index in [1.807, 2.05) is 0 Å². The molecule has 1 aromatic carbocycles. The van der Waals surface area contributed by atoms with Crippen LogP contribution in [0, 0.1) is 0 Å². The minimum absolute atomic E-state index is 0.0655. The molecule has 0 fully saturated rings. The van der Waals surface area contributed by atoms with Crippen LogP contribution in [0.2, 0.25) is 0 Å². The van der Waals surface area contributed by atoms with E-state index in [9.17, 15) is 9.90 Å². The maximum atomic E-state index is 12.1. The molecule has 2 N–H and O–H groups in total. The highest BCUT2D eigenvalue weighted by Gasteiger charge is 2.15. The number of nitrogens with one attached hydrogen (secondary N) is 1. The number of carbonyl (C=O) groups excluding carboxylic acids is 1. The standard InChI is InChI=1S/C14H14BrNO4/c1-19-9-4-5-11(15)10(7-9)14(18)16-8-12(17)13-3-2-6-20-13/h2-7,12,17H,8H2,1H3,(H,16,18). The van der Waals surface area contributed by atoms with Crippen LogP contribution in [-0.4, -0.2) is 24.7 Å². The quantitative estimate of drug-likeness (QED) is 0.877. The Morgan fingerprint density at radius 2 is 2.30 bits per heavy atom. The van der Waals surface area contributed by atoms with E-state index in [1.165, 1.54) is 13.4 Å². The molecule has 0 saturated carbocycles. The number of furan rings is 1. The first-order valence-corrected chi connectivity index (χ1v) is 6.74. The monoisotopic (exact) mass is 339 g/mol. The summed E-state index contributed by atoms with van der Waals surface area (Å²) >= 11 is 3.31. The van der Waals surface area contributed by atoms with Crippen LogP contribution in [0.3, 0.4) is 0 Å². The summed E-state index contributed by atoms with van der Waals surface area (Å²) in [6, 6.07) is 8.44. The van der Waals surface area contributed by atoms with Crippen molar-refractivity contribution < 1.29 is 19.1 Å². The zero-order valence-corrected chi connectivity index (χ0v) is 12.4. The van der Waals surface area contributed by atoms with Gasteiger partial charge in [0.15, 0.2) is 0 Å². The van der Waals surface area contributed by atoms with E-state index in [2.05, 4.69) is 21.2 Å². The molecule has 0 aliphatic carbocycles. The minimum atomic E-state index is -0.877. The van der Waals surface area contributed by atoms with Crippen molar-refractivity contribution in [1.82, 2.24) is 5.32 Å². The number of rotatable bonds is 5. The lowest BCUT2D eigenvalue weighted by Gasteiger charge is -2.11. The van der Waals surface area contributed by atoms with Crippen LogP contribution in [-0.2, 0) is 0 Å². The Hall–Kier alpha value is -1.79. The summed E-state index contributed by atoms with van der Waals surface area (Å²) in [6.07, 6.45) is 0.595. The second-order valence-electron chi connectivity index (χ2n) is 4.09. The smallest absolute Gasteiger partial charge is 0.252 e. The Labute approximate surface area is 124 Å². The first-order chi connectivity index (χ1) is 9.61. The molecule has 2 rings (SSSR count). The molecule has 5 nitrogen and oxygen atoms in total. The fourth-order valence-electron chi connectivity index (χ4n) is 1.67. The number of aliphatic hydroxyl groups excluding tert-OH is 1. The highest BCUT2D eigenvalue weighted by atomic mass is 79.9. The fourth-order valence-corrected chi connectivity index (χ4v) is 2.10. The summed E-state index contributed by atoms with van der Waals surface area (Å²) in [4.78, 5) is 12.1. The Morgan fingerprint density at radius 3 is 2.95 bits per heavy atom. The van der Waals surface area contributed by atoms with Crippen LogP contribution >= 0.6 is 15.9 Å². The lowest BCUT2D eigenvalue weighted by atomic mass is 10.2. The van der Waals surface area contributed by atoms with Crippen molar-refractivity contribution >= 4 is 21.8 Å². The molecular weight excluding hydrogens is 326 g/mol. The van der Waals surface area contributed by atoms with Gasteiger partial charge in [0.2, 0.25) is 0 Å². The van der Waals surface area contributed by atoms with Gasteiger partial charge in [0.1, 0.15) is 17.6 Å². The molecule has 20 heavy (non-hydrogen) atoms. The average Bonchev–Trinajstić information content (AvgIpc) is 2.99. The lowest BCUT2D eigenvalue weighted by Crippen LogP contribution is -2.28. The summed E-state index contributed by atoms with van der Waals surface area (Å²) in [6.45, 7) is 0.0655. The first-order valence-electron chi connectivity index (χ1n) is 5.95. The van der Waals surface area contributed by atoms with Gasteiger partial charge in [-0.25, -0.2) is 0 Å². The van der Waals surface area contributed by atoms with Gasteiger partial charge >= 0.3 is 0 Å². The van der Waals surface area contributed by atoms with E-state index < -0.39 is 6.10 Å². The summed E-state index contributed by atoms with van der Waals surface area (Å²) < 4.78 is 10.8. The number of aliphatic hydroxyl groups is 1.